The Balaban J connectivity index is 2.97. The summed E-state index contributed by atoms with van der Waals surface area (Å²) in [4.78, 5) is 0. The Morgan fingerprint density at radius 1 is 1.25 bits per heavy atom. The highest BCUT2D eigenvalue weighted by Gasteiger charge is 2.01. The number of hydrogen-bond donors (Lipinski definition) is 3. The zero-order valence-corrected chi connectivity index (χ0v) is 7.41. The molecule has 0 aromatic heterocycles. The molecular formula is C8H19NO3. The van der Waals surface area contributed by atoms with E-state index < -0.39 is 6.10 Å². The molecular weight excluding hydrogens is 158 g/mol. The smallest absolute Gasteiger partial charge is 0.0584 e. The lowest BCUT2D eigenvalue weighted by molar-refractivity contribution is 0.0683. The zero-order valence-electron chi connectivity index (χ0n) is 7.41. The fraction of sp³-hybridized carbons (Fsp3) is 1.00. The molecule has 0 radical (unpaired) electrons. The first-order valence-corrected chi connectivity index (χ1v) is 4.38. The third-order valence-corrected chi connectivity index (χ3v) is 1.55. The van der Waals surface area contributed by atoms with Crippen LogP contribution in [0.5, 0.6) is 0 Å². The third kappa shape index (κ3) is 7.94. The van der Waals surface area contributed by atoms with E-state index in [1.807, 2.05) is 0 Å². The van der Waals surface area contributed by atoms with E-state index in [9.17, 15) is 0 Å². The van der Waals surface area contributed by atoms with Crippen LogP contribution in [0, 0.1) is 0 Å². The maximum Gasteiger partial charge on any atom is 0.0584 e. The Morgan fingerprint density at radius 2 is 2.00 bits per heavy atom. The van der Waals surface area contributed by atoms with Crippen molar-refractivity contribution in [1.82, 2.24) is 0 Å². The van der Waals surface area contributed by atoms with Gasteiger partial charge >= 0.3 is 0 Å². The van der Waals surface area contributed by atoms with Crippen LogP contribution in [-0.2, 0) is 4.74 Å². The van der Waals surface area contributed by atoms with Gasteiger partial charge in [0.2, 0.25) is 0 Å². The highest BCUT2D eigenvalue weighted by Crippen LogP contribution is 1.97. The van der Waals surface area contributed by atoms with E-state index in [0.29, 0.717) is 32.6 Å². The average molecular weight is 177 g/mol. The van der Waals surface area contributed by atoms with Gasteiger partial charge in [-0.1, -0.05) is 0 Å². The van der Waals surface area contributed by atoms with Crippen LogP contribution in [-0.4, -0.2) is 42.7 Å². The molecule has 0 saturated carbocycles. The molecule has 1 atom stereocenters. The molecule has 0 aromatic rings. The third-order valence-electron chi connectivity index (χ3n) is 1.55. The van der Waals surface area contributed by atoms with Crippen molar-refractivity contribution in [2.24, 2.45) is 5.73 Å². The normalized spacial score (nSPS) is 13.2. The van der Waals surface area contributed by atoms with Gasteiger partial charge in [-0.25, -0.2) is 0 Å². The SMILES string of the molecule is NCCCOCCC(O)CCO. The van der Waals surface area contributed by atoms with Gasteiger partial charge in [0, 0.05) is 19.8 Å². The molecule has 0 heterocycles. The average Bonchev–Trinajstić information content (AvgIpc) is 2.05. The Bertz CT molecular complexity index is 90.4. The van der Waals surface area contributed by atoms with Crippen LogP contribution < -0.4 is 5.73 Å². The van der Waals surface area contributed by atoms with Crippen LogP contribution >= 0.6 is 0 Å². The molecule has 0 saturated heterocycles. The van der Waals surface area contributed by atoms with E-state index in [0.717, 1.165) is 6.42 Å². The highest BCUT2D eigenvalue weighted by atomic mass is 16.5. The van der Waals surface area contributed by atoms with Crippen molar-refractivity contribution in [1.29, 1.82) is 0 Å². The van der Waals surface area contributed by atoms with Crippen molar-refractivity contribution in [3.05, 3.63) is 0 Å². The predicted molar refractivity (Wildman–Crippen MR) is 46.8 cm³/mol. The summed E-state index contributed by atoms with van der Waals surface area (Å²) in [7, 11) is 0. The Labute approximate surface area is 73.3 Å². The first-order valence-electron chi connectivity index (χ1n) is 4.38. The van der Waals surface area contributed by atoms with Gasteiger partial charge in [0.1, 0.15) is 0 Å². The second-order valence-corrected chi connectivity index (χ2v) is 2.71. The molecule has 4 N–H and O–H groups in total. The predicted octanol–water partition coefficient (Wildman–Crippen LogP) is -0.515. The molecule has 74 valence electrons. The standard InChI is InChI=1S/C8H19NO3/c9-4-1-6-12-7-3-8(11)2-5-10/h8,10-11H,1-7,9H2. The van der Waals surface area contributed by atoms with Crippen LogP contribution in [0.25, 0.3) is 0 Å². The van der Waals surface area contributed by atoms with Crippen LogP contribution in [0.4, 0.5) is 0 Å². The second kappa shape index (κ2) is 8.93. The maximum atomic E-state index is 9.14. The van der Waals surface area contributed by atoms with Gasteiger partial charge in [-0.2, -0.15) is 0 Å². The van der Waals surface area contributed by atoms with Gasteiger partial charge in [0.05, 0.1) is 6.10 Å². The number of hydrogen-bond acceptors (Lipinski definition) is 4. The van der Waals surface area contributed by atoms with Crippen molar-refractivity contribution in [3.8, 4) is 0 Å². The number of ether oxygens (including phenoxy) is 1. The second-order valence-electron chi connectivity index (χ2n) is 2.71. The summed E-state index contributed by atoms with van der Waals surface area (Å²) in [5.41, 5.74) is 5.26. The molecule has 0 aliphatic heterocycles. The van der Waals surface area contributed by atoms with Gasteiger partial charge in [-0.15, -0.1) is 0 Å². The van der Waals surface area contributed by atoms with Crippen LogP contribution in [0.15, 0.2) is 0 Å². The van der Waals surface area contributed by atoms with Crippen molar-refractivity contribution in [2.45, 2.75) is 25.4 Å². The van der Waals surface area contributed by atoms with E-state index in [1.165, 1.54) is 0 Å². The van der Waals surface area contributed by atoms with E-state index in [2.05, 4.69) is 0 Å². The fourth-order valence-electron chi connectivity index (χ4n) is 0.800. The largest absolute Gasteiger partial charge is 0.396 e. The summed E-state index contributed by atoms with van der Waals surface area (Å²) < 4.78 is 5.17. The van der Waals surface area contributed by atoms with Gasteiger partial charge in [-0.3, -0.25) is 0 Å². The molecule has 0 aliphatic carbocycles. The summed E-state index contributed by atoms with van der Waals surface area (Å²) in [6.45, 7) is 1.87. The van der Waals surface area contributed by atoms with Gasteiger partial charge in [0.15, 0.2) is 0 Å². The molecule has 12 heavy (non-hydrogen) atoms. The summed E-state index contributed by atoms with van der Waals surface area (Å²) in [5.74, 6) is 0. The van der Waals surface area contributed by atoms with Crippen molar-refractivity contribution >= 4 is 0 Å². The Kier molecular flexibility index (Phi) is 8.81. The highest BCUT2D eigenvalue weighted by molar-refractivity contribution is 4.53. The molecule has 1 unspecified atom stereocenters. The van der Waals surface area contributed by atoms with Crippen molar-refractivity contribution in [2.75, 3.05) is 26.4 Å². The minimum absolute atomic E-state index is 0.0317. The number of rotatable bonds is 8. The van der Waals surface area contributed by atoms with Crippen LogP contribution in [0.3, 0.4) is 0 Å². The molecule has 4 heteroatoms. The Morgan fingerprint density at radius 3 is 2.58 bits per heavy atom. The molecule has 4 nitrogen and oxygen atoms in total. The lowest BCUT2D eigenvalue weighted by atomic mass is 10.2. The summed E-state index contributed by atoms with van der Waals surface area (Å²) >= 11 is 0. The van der Waals surface area contributed by atoms with Gasteiger partial charge < -0.3 is 20.7 Å². The zero-order chi connectivity index (χ0) is 9.23. The van der Waals surface area contributed by atoms with Crippen LogP contribution in [0.2, 0.25) is 0 Å². The van der Waals surface area contributed by atoms with Crippen LogP contribution in [0.1, 0.15) is 19.3 Å². The fourth-order valence-corrected chi connectivity index (χ4v) is 0.800. The molecule has 0 bridgehead atoms. The topological polar surface area (TPSA) is 75.7 Å². The number of aliphatic hydroxyl groups excluding tert-OH is 2. The molecule has 0 amide bonds. The lowest BCUT2D eigenvalue weighted by Gasteiger charge is -2.08. The van der Waals surface area contributed by atoms with Gasteiger partial charge in [0.25, 0.3) is 0 Å². The van der Waals surface area contributed by atoms with E-state index >= 15 is 0 Å². The summed E-state index contributed by atoms with van der Waals surface area (Å²) in [6, 6.07) is 0. The first-order chi connectivity index (χ1) is 5.81. The van der Waals surface area contributed by atoms with E-state index in [1.54, 1.807) is 0 Å². The van der Waals surface area contributed by atoms with E-state index in [-0.39, 0.29) is 6.61 Å². The maximum absolute atomic E-state index is 9.14. The summed E-state index contributed by atoms with van der Waals surface area (Å²) in [6.07, 6.45) is 1.44. The first kappa shape index (κ1) is 11.8. The molecule has 0 aliphatic rings. The molecule has 0 rings (SSSR count). The van der Waals surface area contributed by atoms with Gasteiger partial charge in [-0.05, 0) is 25.8 Å². The molecule has 0 aromatic carbocycles. The van der Waals surface area contributed by atoms with Crippen molar-refractivity contribution < 1.29 is 14.9 Å². The molecule has 0 fully saturated rings. The van der Waals surface area contributed by atoms with E-state index in [4.69, 9.17) is 20.7 Å². The number of aliphatic hydroxyl groups is 2. The lowest BCUT2D eigenvalue weighted by Crippen LogP contribution is -2.13. The Hall–Kier alpha value is -0.160. The quantitative estimate of drug-likeness (QED) is 0.436. The minimum Gasteiger partial charge on any atom is -0.396 e. The number of nitrogens with two attached hydrogens (primary N) is 1. The molecule has 0 spiro atoms. The summed E-state index contributed by atoms with van der Waals surface area (Å²) in [5, 5.41) is 17.6. The van der Waals surface area contributed by atoms with Crippen molar-refractivity contribution in [3.63, 3.8) is 0 Å². The monoisotopic (exact) mass is 177 g/mol. The minimum atomic E-state index is -0.437.